The third-order valence-electron chi connectivity index (χ3n) is 10.3. The van der Waals surface area contributed by atoms with E-state index in [0.717, 1.165) is 9.98 Å². The van der Waals surface area contributed by atoms with Gasteiger partial charge in [-0.25, -0.2) is 13.8 Å². The Bertz CT molecular complexity index is 1810. The molecule has 17 nitrogen and oxygen atoms in total. The van der Waals surface area contributed by atoms with Crippen molar-refractivity contribution in [2.24, 2.45) is 5.73 Å². The molecular formula is C31H52N4O13SSi2. The smallest absolute Gasteiger partial charge is 0.333 e. The lowest BCUT2D eigenvalue weighted by atomic mass is 9.89. The van der Waals surface area contributed by atoms with E-state index in [1.54, 1.807) is 0 Å². The summed E-state index contributed by atoms with van der Waals surface area (Å²) in [6.45, 7) is 20.0. The Kier molecular flexibility index (Phi) is 11.9. The first kappa shape index (κ1) is 42.3. The molecule has 0 bridgehead atoms. The average Bonchev–Trinajstić information content (AvgIpc) is 3.38. The summed E-state index contributed by atoms with van der Waals surface area (Å²) in [5, 5.41) is 20.7. The zero-order valence-electron chi connectivity index (χ0n) is 31.1. The number of nitrogens with two attached hydrogens (primary N) is 1. The third kappa shape index (κ3) is 8.74. The molecule has 0 aliphatic carbocycles. The third-order valence-corrected chi connectivity index (χ3v) is 20.3. The first-order valence-corrected chi connectivity index (χ1v) is 23.7. The molecular weight excluding hydrogens is 725 g/mol. The van der Waals surface area contributed by atoms with Crippen molar-refractivity contribution in [3.63, 3.8) is 0 Å². The number of hydrogen-bond donors (Lipinski definition) is 4. The van der Waals surface area contributed by atoms with Crippen LogP contribution in [0.3, 0.4) is 0 Å². The Labute approximate surface area is 299 Å². The predicted molar refractivity (Wildman–Crippen MR) is 190 cm³/mol. The molecule has 1 saturated heterocycles. The number of ether oxygens (including phenoxy) is 1. The number of aromatic nitrogens is 2. The van der Waals surface area contributed by atoms with E-state index in [0.29, 0.717) is 4.57 Å². The van der Waals surface area contributed by atoms with Gasteiger partial charge < -0.3 is 34.9 Å². The van der Waals surface area contributed by atoms with Crippen LogP contribution in [0, 0.1) is 6.92 Å². The van der Waals surface area contributed by atoms with E-state index in [-0.39, 0.29) is 22.9 Å². The highest BCUT2D eigenvalue weighted by molar-refractivity contribution is 7.90. The van der Waals surface area contributed by atoms with E-state index < -0.39 is 110 Å². The molecule has 2 aliphatic heterocycles. The summed E-state index contributed by atoms with van der Waals surface area (Å²) in [6.07, 6.45) is -3.88. The molecule has 5 N–H and O–H groups in total. The van der Waals surface area contributed by atoms with Gasteiger partial charge in [0.15, 0.2) is 28.5 Å². The zero-order valence-corrected chi connectivity index (χ0v) is 33.9. The number of rotatable bonds is 13. The summed E-state index contributed by atoms with van der Waals surface area (Å²) in [7, 11) is -9.74. The minimum atomic E-state index is -4.37. The van der Waals surface area contributed by atoms with E-state index in [1.165, 1.54) is 13.1 Å². The van der Waals surface area contributed by atoms with E-state index in [4.69, 9.17) is 28.6 Å². The number of carboxylic acid groups (broad SMARTS) is 2. The van der Waals surface area contributed by atoms with Crippen LogP contribution in [-0.4, -0.2) is 92.7 Å². The van der Waals surface area contributed by atoms with Gasteiger partial charge in [0.05, 0.1) is 17.7 Å². The molecule has 20 heteroatoms. The van der Waals surface area contributed by atoms with Crippen molar-refractivity contribution in [2.75, 3.05) is 6.61 Å². The molecule has 0 saturated carbocycles. The number of aryl methyl sites for hydroxylation is 1. The molecule has 1 amide bonds. The summed E-state index contributed by atoms with van der Waals surface area (Å²) < 4.78 is 53.4. The number of carboxylic acids is 2. The Morgan fingerprint density at radius 1 is 1.06 bits per heavy atom. The van der Waals surface area contributed by atoms with Gasteiger partial charge in [0.25, 0.3) is 15.7 Å². The van der Waals surface area contributed by atoms with Crippen molar-refractivity contribution >= 4 is 44.6 Å². The largest absolute Gasteiger partial charge is 0.481 e. The first-order valence-electron chi connectivity index (χ1n) is 16.4. The van der Waals surface area contributed by atoms with E-state index in [1.807, 2.05) is 67.7 Å². The fraction of sp³-hybridized carbons (Fsp3) is 0.710. The summed E-state index contributed by atoms with van der Waals surface area (Å²) in [4.78, 5) is 63.2. The molecule has 1 fully saturated rings. The minimum absolute atomic E-state index is 0.0174. The van der Waals surface area contributed by atoms with Crippen molar-refractivity contribution in [3.05, 3.63) is 43.7 Å². The molecule has 1 aromatic heterocycles. The topological polar surface area (TPSA) is 245 Å². The fourth-order valence-corrected chi connectivity index (χ4v) is 8.71. The van der Waals surface area contributed by atoms with Gasteiger partial charge in [-0.15, -0.1) is 0 Å². The monoisotopic (exact) mass is 776 g/mol. The maximum absolute atomic E-state index is 14.2. The molecule has 0 aromatic carbocycles. The lowest BCUT2D eigenvalue weighted by molar-refractivity contribution is -0.143. The van der Waals surface area contributed by atoms with E-state index in [9.17, 15) is 37.5 Å². The van der Waals surface area contributed by atoms with Crippen molar-refractivity contribution in [1.29, 1.82) is 0 Å². The van der Waals surface area contributed by atoms with Crippen LogP contribution in [0.4, 0.5) is 0 Å². The summed E-state index contributed by atoms with van der Waals surface area (Å²) >= 11 is 0. The molecule has 1 spiro atoms. The lowest BCUT2D eigenvalue weighted by Gasteiger charge is -2.43. The second kappa shape index (κ2) is 14.4. The molecule has 51 heavy (non-hydrogen) atoms. The number of amides is 1. The average molecular weight is 777 g/mol. The molecule has 0 radical (unpaired) electrons. The molecule has 5 atom stereocenters. The van der Waals surface area contributed by atoms with Crippen molar-refractivity contribution < 1.29 is 50.8 Å². The predicted octanol–water partition coefficient (Wildman–Crippen LogP) is 1.96. The van der Waals surface area contributed by atoms with Crippen LogP contribution in [0.2, 0.25) is 36.3 Å². The number of nitrogens with zero attached hydrogens (tertiary/aromatic N) is 2. The Morgan fingerprint density at radius 2 is 1.63 bits per heavy atom. The molecule has 1 aromatic rings. The van der Waals surface area contributed by atoms with E-state index >= 15 is 0 Å². The number of hydrogen-bond acceptors (Lipinski definition) is 12. The SMILES string of the molecule is Cc1cn([C@@H]2O[C@H](CO[Si](C)(C)C(C)(C)C)C3(OS(=O)(=O)C=C3N)[C@H]2O[Si](C)(C)C(C)(C)C)c(=O)n(CC(=O)N[C@@H](CCC(=O)O)C(=O)O)c1=O. The second-order valence-electron chi connectivity index (χ2n) is 16.1. The summed E-state index contributed by atoms with van der Waals surface area (Å²) in [5.74, 6) is -3.82. The van der Waals surface area contributed by atoms with Crippen molar-refractivity contribution in [3.8, 4) is 0 Å². The second-order valence-corrected chi connectivity index (χ2v) is 27.1. The van der Waals surface area contributed by atoms with Crippen molar-refractivity contribution in [2.45, 2.75) is 134 Å². The van der Waals surface area contributed by atoms with Gasteiger partial charge in [-0.2, -0.15) is 8.42 Å². The Balaban J connectivity index is 2.22. The number of nitrogens with one attached hydrogen (secondary N) is 1. The normalized spacial score (nSPS) is 24.4. The lowest BCUT2D eigenvalue weighted by Crippen LogP contribution is -2.59. The zero-order chi connectivity index (χ0) is 39.3. The van der Waals surface area contributed by atoms with Gasteiger partial charge in [-0.1, -0.05) is 41.5 Å². The number of carbonyl (C=O) groups is 3. The minimum Gasteiger partial charge on any atom is -0.481 e. The molecule has 2 aliphatic rings. The quantitative estimate of drug-likeness (QED) is 0.165. The summed E-state index contributed by atoms with van der Waals surface area (Å²) in [5.41, 5.74) is 2.35. The maximum Gasteiger partial charge on any atom is 0.333 e. The van der Waals surface area contributed by atoms with Crippen LogP contribution >= 0.6 is 0 Å². The molecule has 3 rings (SSSR count). The van der Waals surface area contributed by atoms with Crippen LogP contribution in [-0.2, 0) is 48.8 Å². The summed E-state index contributed by atoms with van der Waals surface area (Å²) in [6, 6.07) is -1.60. The fourth-order valence-electron chi connectivity index (χ4n) is 5.20. The van der Waals surface area contributed by atoms with Gasteiger partial charge in [0.2, 0.25) is 5.91 Å². The highest BCUT2D eigenvalue weighted by Gasteiger charge is 2.67. The van der Waals surface area contributed by atoms with Gasteiger partial charge in [-0.3, -0.25) is 23.5 Å². The first-order chi connectivity index (χ1) is 23.0. The van der Waals surface area contributed by atoms with Gasteiger partial charge >= 0.3 is 17.6 Å². The molecule has 1 unspecified atom stereocenters. The highest BCUT2D eigenvalue weighted by atomic mass is 32.2. The van der Waals surface area contributed by atoms with Gasteiger partial charge in [0, 0.05) is 18.2 Å². The number of carbonyl (C=O) groups excluding carboxylic acids is 1. The van der Waals surface area contributed by atoms with Crippen LogP contribution in [0.5, 0.6) is 0 Å². The Hall–Kier alpha value is -3.15. The van der Waals surface area contributed by atoms with Crippen molar-refractivity contribution in [1.82, 2.24) is 14.5 Å². The standard InChI is InChI=1S/C31H52N4O13SSi2/c1-18-14-35(28(42)34(25(18)39)15-22(36)33-19(27(40)41)12-13-23(37)38)26-24(47-51(10,11)30(5,6)7)31(20(32)17-49(43,44)48-31)21(46-26)16-45-50(8,9)29(2,3)4/h14,17,19,21,24,26H,12-13,15-16,32H2,1-11H3,(H,33,36)(H,37,38)(H,40,41)/t19-,21+,24-,26+,31?/m0/s1. The van der Waals surface area contributed by atoms with Crippen LogP contribution in [0.25, 0.3) is 0 Å². The van der Waals surface area contributed by atoms with E-state index in [2.05, 4.69) is 5.32 Å². The Morgan fingerprint density at radius 3 is 2.10 bits per heavy atom. The highest BCUT2D eigenvalue weighted by Crippen LogP contribution is 2.52. The van der Waals surface area contributed by atoms with Crippen LogP contribution in [0.15, 0.2) is 26.9 Å². The number of aliphatic carboxylic acids is 2. The molecule has 288 valence electrons. The van der Waals surface area contributed by atoms with Crippen LogP contribution in [0.1, 0.15) is 66.2 Å². The van der Waals surface area contributed by atoms with Gasteiger partial charge in [0.1, 0.15) is 24.8 Å². The van der Waals surface area contributed by atoms with Gasteiger partial charge in [-0.05, 0) is 49.6 Å². The maximum atomic E-state index is 14.2. The van der Waals surface area contributed by atoms with Crippen LogP contribution < -0.4 is 22.3 Å². The molecule has 3 heterocycles.